The number of carbonyl (C=O) groups excluding carboxylic acids is 1. The van der Waals surface area contributed by atoms with Gasteiger partial charge >= 0.3 is 0 Å². The molecule has 126 valence electrons. The molecule has 0 aromatic heterocycles. The minimum absolute atomic E-state index is 0.192. The lowest BCUT2D eigenvalue weighted by atomic mass is 10.0. The van der Waals surface area contributed by atoms with Crippen molar-refractivity contribution in [3.8, 4) is 0 Å². The molecule has 0 aliphatic rings. The summed E-state index contributed by atoms with van der Waals surface area (Å²) in [7, 11) is 0. The highest BCUT2D eigenvalue weighted by Gasteiger charge is 2.17. The molecule has 2 heteroatoms. The van der Waals surface area contributed by atoms with E-state index in [-0.39, 0.29) is 11.0 Å². The largest absolute Gasteiger partial charge is 0.294 e. The van der Waals surface area contributed by atoms with E-state index >= 15 is 0 Å². The van der Waals surface area contributed by atoms with Gasteiger partial charge in [0.1, 0.15) is 0 Å². The molecule has 0 aliphatic heterocycles. The second-order valence-corrected chi connectivity index (χ2v) is 7.31. The van der Waals surface area contributed by atoms with Crippen molar-refractivity contribution >= 4 is 17.5 Å². The van der Waals surface area contributed by atoms with E-state index in [0.717, 1.165) is 17.7 Å². The highest BCUT2D eigenvalue weighted by Crippen LogP contribution is 2.33. The molecular weight excluding hydrogens is 324 g/mol. The summed E-state index contributed by atoms with van der Waals surface area (Å²) >= 11 is 1.87. The van der Waals surface area contributed by atoms with Gasteiger partial charge in [0.2, 0.25) is 0 Å². The van der Waals surface area contributed by atoms with Crippen LogP contribution in [-0.2, 0) is 6.42 Å². The van der Waals surface area contributed by atoms with Gasteiger partial charge in [-0.05, 0) is 23.3 Å². The number of carbonyl (C=O) groups is 1. The van der Waals surface area contributed by atoms with Crippen LogP contribution < -0.4 is 0 Å². The third-order valence-corrected chi connectivity index (χ3v) is 5.47. The molecule has 0 aliphatic carbocycles. The standard InChI is InChI=1S/C23H22OS/c24-22(20-12-6-2-7-13-20)18-23(21-14-8-3-9-15-21)25-17-16-19-10-4-1-5-11-19/h1-15,23H,16-18H2. The summed E-state index contributed by atoms with van der Waals surface area (Å²) in [5, 5.41) is 0.192. The van der Waals surface area contributed by atoms with Crippen molar-refractivity contribution in [1.29, 1.82) is 0 Å². The molecule has 0 radical (unpaired) electrons. The van der Waals surface area contributed by atoms with E-state index in [2.05, 4.69) is 36.4 Å². The third-order valence-electron chi connectivity index (χ3n) is 4.19. The molecule has 1 unspecified atom stereocenters. The van der Waals surface area contributed by atoms with Crippen molar-refractivity contribution < 1.29 is 4.79 Å². The molecule has 3 aromatic rings. The van der Waals surface area contributed by atoms with Crippen molar-refractivity contribution in [3.05, 3.63) is 108 Å². The average molecular weight is 346 g/mol. The minimum atomic E-state index is 0.192. The van der Waals surface area contributed by atoms with Crippen LogP contribution in [0.2, 0.25) is 0 Å². The second-order valence-electron chi connectivity index (χ2n) is 6.00. The van der Waals surface area contributed by atoms with E-state index in [1.807, 2.05) is 66.4 Å². The van der Waals surface area contributed by atoms with Gasteiger partial charge < -0.3 is 0 Å². The smallest absolute Gasteiger partial charge is 0.164 e. The maximum atomic E-state index is 12.6. The van der Waals surface area contributed by atoms with E-state index in [4.69, 9.17) is 0 Å². The number of hydrogen-bond donors (Lipinski definition) is 0. The minimum Gasteiger partial charge on any atom is -0.294 e. The highest BCUT2D eigenvalue weighted by atomic mass is 32.2. The van der Waals surface area contributed by atoms with Crippen molar-refractivity contribution in [1.82, 2.24) is 0 Å². The Hall–Kier alpha value is -2.32. The van der Waals surface area contributed by atoms with E-state index < -0.39 is 0 Å². The molecule has 0 saturated heterocycles. The normalized spacial score (nSPS) is 11.8. The number of Topliss-reactive ketones (excluding diaryl/α,β-unsaturated/α-hetero) is 1. The predicted octanol–water partition coefficient (Wildman–Crippen LogP) is 5.98. The van der Waals surface area contributed by atoms with Crippen LogP contribution >= 0.6 is 11.8 Å². The molecular formula is C23H22OS. The molecule has 1 nitrogen and oxygen atoms in total. The van der Waals surface area contributed by atoms with Gasteiger partial charge in [-0.2, -0.15) is 11.8 Å². The van der Waals surface area contributed by atoms with Crippen LogP contribution in [0, 0.1) is 0 Å². The van der Waals surface area contributed by atoms with E-state index in [1.165, 1.54) is 11.1 Å². The van der Waals surface area contributed by atoms with Crippen LogP contribution in [0.1, 0.15) is 33.2 Å². The van der Waals surface area contributed by atoms with Gasteiger partial charge in [-0.15, -0.1) is 0 Å². The number of benzene rings is 3. The zero-order valence-electron chi connectivity index (χ0n) is 14.2. The highest BCUT2D eigenvalue weighted by molar-refractivity contribution is 7.99. The average Bonchev–Trinajstić information content (AvgIpc) is 2.69. The molecule has 0 bridgehead atoms. The lowest BCUT2D eigenvalue weighted by molar-refractivity contribution is 0.0982. The molecule has 3 aromatic carbocycles. The van der Waals surface area contributed by atoms with Gasteiger partial charge in [0, 0.05) is 17.2 Å². The van der Waals surface area contributed by atoms with Crippen molar-refractivity contribution in [2.75, 3.05) is 5.75 Å². The number of hydrogen-bond acceptors (Lipinski definition) is 2. The Morgan fingerprint density at radius 3 is 1.96 bits per heavy atom. The quantitative estimate of drug-likeness (QED) is 0.467. The zero-order valence-corrected chi connectivity index (χ0v) is 15.0. The van der Waals surface area contributed by atoms with Crippen LogP contribution in [0.15, 0.2) is 91.0 Å². The Labute approximate surface area is 154 Å². The summed E-state index contributed by atoms with van der Waals surface area (Å²) in [5.74, 6) is 1.22. The fourth-order valence-electron chi connectivity index (χ4n) is 2.81. The fraction of sp³-hybridized carbons (Fsp3) is 0.174. The third kappa shape index (κ3) is 5.33. The first kappa shape index (κ1) is 17.5. The molecule has 1 atom stereocenters. The van der Waals surface area contributed by atoms with E-state index in [0.29, 0.717) is 6.42 Å². The Morgan fingerprint density at radius 2 is 1.32 bits per heavy atom. The molecule has 0 spiro atoms. The van der Waals surface area contributed by atoms with Gasteiger partial charge in [-0.1, -0.05) is 91.0 Å². The number of rotatable bonds is 8. The van der Waals surface area contributed by atoms with Gasteiger partial charge in [-0.3, -0.25) is 4.79 Å². The first-order valence-electron chi connectivity index (χ1n) is 8.61. The Bertz CT molecular complexity index is 769. The van der Waals surface area contributed by atoms with Crippen LogP contribution in [-0.4, -0.2) is 11.5 Å². The summed E-state index contributed by atoms with van der Waals surface area (Å²) in [6, 6.07) is 30.5. The van der Waals surface area contributed by atoms with Crippen molar-refractivity contribution in [2.24, 2.45) is 0 Å². The predicted molar refractivity (Wildman–Crippen MR) is 107 cm³/mol. The lowest BCUT2D eigenvalue weighted by Gasteiger charge is -2.16. The number of aryl methyl sites for hydroxylation is 1. The molecule has 0 fully saturated rings. The molecule has 0 N–H and O–H groups in total. The summed E-state index contributed by atoms with van der Waals surface area (Å²) < 4.78 is 0. The monoisotopic (exact) mass is 346 g/mol. The molecule has 3 rings (SSSR count). The van der Waals surface area contributed by atoms with Crippen LogP contribution in [0.25, 0.3) is 0 Å². The number of ketones is 1. The van der Waals surface area contributed by atoms with Gasteiger partial charge in [0.05, 0.1) is 0 Å². The summed E-state index contributed by atoms with van der Waals surface area (Å²) in [5.41, 5.74) is 3.37. The Balaban J connectivity index is 1.66. The van der Waals surface area contributed by atoms with Gasteiger partial charge in [-0.25, -0.2) is 0 Å². The molecule has 25 heavy (non-hydrogen) atoms. The zero-order chi connectivity index (χ0) is 17.3. The molecule has 0 amide bonds. The number of thioether (sulfide) groups is 1. The molecule has 0 saturated carbocycles. The topological polar surface area (TPSA) is 17.1 Å². The van der Waals surface area contributed by atoms with Gasteiger partial charge in [0.15, 0.2) is 5.78 Å². The first-order valence-corrected chi connectivity index (χ1v) is 9.66. The van der Waals surface area contributed by atoms with Crippen LogP contribution in [0.4, 0.5) is 0 Å². The summed E-state index contributed by atoms with van der Waals surface area (Å²) in [6.45, 7) is 0. The second kappa shape index (κ2) is 9.24. The Morgan fingerprint density at radius 1 is 0.760 bits per heavy atom. The SMILES string of the molecule is O=C(CC(SCCc1ccccc1)c1ccccc1)c1ccccc1. The van der Waals surface area contributed by atoms with Crippen LogP contribution in [0.5, 0.6) is 0 Å². The fourth-order valence-corrected chi connectivity index (χ4v) is 4.07. The van der Waals surface area contributed by atoms with E-state index in [1.54, 1.807) is 0 Å². The molecule has 0 heterocycles. The first-order chi connectivity index (χ1) is 12.3. The van der Waals surface area contributed by atoms with Crippen molar-refractivity contribution in [3.63, 3.8) is 0 Å². The van der Waals surface area contributed by atoms with Crippen LogP contribution in [0.3, 0.4) is 0 Å². The summed E-state index contributed by atoms with van der Waals surface area (Å²) in [4.78, 5) is 12.6. The maximum absolute atomic E-state index is 12.6. The van der Waals surface area contributed by atoms with E-state index in [9.17, 15) is 4.79 Å². The maximum Gasteiger partial charge on any atom is 0.164 e. The van der Waals surface area contributed by atoms with Gasteiger partial charge in [0.25, 0.3) is 0 Å². The lowest BCUT2D eigenvalue weighted by Crippen LogP contribution is -2.06. The van der Waals surface area contributed by atoms with Crippen molar-refractivity contribution in [2.45, 2.75) is 18.1 Å². The summed E-state index contributed by atoms with van der Waals surface area (Å²) in [6.07, 6.45) is 1.56. The Kier molecular flexibility index (Phi) is 6.47.